The molecule has 1 aromatic carbocycles. The molecule has 0 heterocycles. The average molecular weight is 519 g/mol. The Bertz CT molecular complexity index is 890. The highest BCUT2D eigenvalue weighted by molar-refractivity contribution is 5.92. The first-order valence-electron chi connectivity index (χ1n) is 13.1. The molecule has 37 heavy (non-hydrogen) atoms. The molecule has 1 rings (SSSR count). The first-order valence-corrected chi connectivity index (χ1v) is 13.1. The van der Waals surface area contributed by atoms with Gasteiger partial charge < -0.3 is 26.0 Å². The number of unbranched alkanes of at least 4 members (excludes halogenated alkanes) is 3. The van der Waals surface area contributed by atoms with Gasteiger partial charge in [0.25, 0.3) is 0 Å². The van der Waals surface area contributed by atoms with Crippen molar-refractivity contribution in [2.45, 2.75) is 110 Å². The SMILES string of the molecule is CCCCCCN(C(=O)C(CCC(N)=O)NC(=O)OC(C)(C)C)C(C(=O)NC(C)(C)C)c1ccccc1. The van der Waals surface area contributed by atoms with E-state index in [1.54, 1.807) is 32.9 Å². The van der Waals surface area contributed by atoms with Crippen LogP contribution in [0.1, 0.15) is 98.6 Å². The molecule has 0 aliphatic rings. The maximum Gasteiger partial charge on any atom is 0.408 e. The van der Waals surface area contributed by atoms with Gasteiger partial charge in [0.2, 0.25) is 17.7 Å². The number of ether oxygens (including phenoxy) is 1. The Kier molecular flexibility index (Phi) is 12.6. The molecule has 0 aliphatic heterocycles. The Hall–Kier alpha value is -3.10. The number of nitrogens with two attached hydrogens (primary N) is 1. The van der Waals surface area contributed by atoms with Crippen molar-refractivity contribution >= 4 is 23.8 Å². The van der Waals surface area contributed by atoms with E-state index in [9.17, 15) is 19.2 Å². The standard InChI is InChI=1S/C28H46N4O5/c1-8-9-10-14-19-32(23(20-15-12-11-13-16-20)24(34)31-27(2,3)4)25(35)21(17-18-22(29)33)30-26(36)37-28(5,6)7/h11-13,15-16,21,23H,8-10,14,17-19H2,1-7H3,(H2,29,33)(H,30,36)(H,31,34). The number of benzene rings is 1. The van der Waals surface area contributed by atoms with Crippen molar-refractivity contribution in [3.05, 3.63) is 35.9 Å². The summed E-state index contributed by atoms with van der Waals surface area (Å²) in [5.41, 5.74) is 4.71. The van der Waals surface area contributed by atoms with Gasteiger partial charge in [0, 0.05) is 18.5 Å². The molecule has 0 aromatic heterocycles. The fourth-order valence-corrected chi connectivity index (χ4v) is 3.82. The van der Waals surface area contributed by atoms with E-state index in [1.165, 1.54) is 4.90 Å². The van der Waals surface area contributed by atoms with Crippen LogP contribution in [-0.2, 0) is 19.1 Å². The zero-order valence-corrected chi connectivity index (χ0v) is 23.6. The van der Waals surface area contributed by atoms with Crippen molar-refractivity contribution in [3.63, 3.8) is 0 Å². The minimum Gasteiger partial charge on any atom is -0.444 e. The monoisotopic (exact) mass is 518 g/mol. The van der Waals surface area contributed by atoms with Gasteiger partial charge in [-0.15, -0.1) is 0 Å². The fraction of sp³-hybridized carbons (Fsp3) is 0.643. The Morgan fingerprint density at radius 3 is 2.11 bits per heavy atom. The second-order valence-electron chi connectivity index (χ2n) is 11.3. The number of nitrogens with zero attached hydrogens (tertiary/aromatic N) is 1. The molecule has 2 unspecified atom stereocenters. The number of nitrogens with one attached hydrogen (secondary N) is 2. The minimum absolute atomic E-state index is 0.0126. The van der Waals surface area contributed by atoms with Crippen molar-refractivity contribution < 1.29 is 23.9 Å². The second kappa shape index (κ2) is 14.6. The number of alkyl carbamates (subject to hydrolysis) is 1. The molecule has 9 nitrogen and oxygen atoms in total. The van der Waals surface area contributed by atoms with Gasteiger partial charge in [-0.3, -0.25) is 14.4 Å². The number of rotatable bonds is 13. The van der Waals surface area contributed by atoms with E-state index in [4.69, 9.17) is 10.5 Å². The van der Waals surface area contributed by atoms with Crippen molar-refractivity contribution in [1.29, 1.82) is 0 Å². The summed E-state index contributed by atoms with van der Waals surface area (Å²) in [4.78, 5) is 53.3. The second-order valence-corrected chi connectivity index (χ2v) is 11.3. The topological polar surface area (TPSA) is 131 Å². The average Bonchev–Trinajstić information content (AvgIpc) is 2.76. The Morgan fingerprint density at radius 2 is 1.59 bits per heavy atom. The zero-order chi connectivity index (χ0) is 28.2. The van der Waals surface area contributed by atoms with Crippen molar-refractivity contribution in [1.82, 2.24) is 15.5 Å². The molecule has 4 N–H and O–H groups in total. The van der Waals surface area contributed by atoms with E-state index >= 15 is 0 Å². The molecule has 0 saturated carbocycles. The van der Waals surface area contributed by atoms with Gasteiger partial charge in [-0.05, 0) is 59.9 Å². The lowest BCUT2D eigenvalue weighted by Gasteiger charge is -2.36. The van der Waals surface area contributed by atoms with Gasteiger partial charge >= 0.3 is 6.09 Å². The number of carbonyl (C=O) groups is 4. The van der Waals surface area contributed by atoms with Crippen LogP contribution in [0.5, 0.6) is 0 Å². The summed E-state index contributed by atoms with van der Waals surface area (Å²) in [5, 5.41) is 5.61. The van der Waals surface area contributed by atoms with Crippen molar-refractivity contribution in [2.75, 3.05) is 6.54 Å². The Balaban J connectivity index is 3.46. The molecule has 0 spiro atoms. The molecule has 2 atom stereocenters. The third-order valence-corrected chi connectivity index (χ3v) is 5.38. The minimum atomic E-state index is -1.10. The molecule has 208 valence electrons. The van der Waals surface area contributed by atoms with Gasteiger partial charge in [-0.1, -0.05) is 56.5 Å². The summed E-state index contributed by atoms with van der Waals surface area (Å²) in [6.07, 6.45) is 2.67. The Labute approximate surface area is 221 Å². The van der Waals surface area contributed by atoms with Crippen molar-refractivity contribution in [2.24, 2.45) is 5.73 Å². The van der Waals surface area contributed by atoms with Crippen LogP contribution in [-0.4, -0.2) is 52.4 Å². The number of hydrogen-bond acceptors (Lipinski definition) is 5. The van der Waals surface area contributed by atoms with Crippen LogP contribution in [0, 0.1) is 0 Å². The highest BCUT2D eigenvalue weighted by Crippen LogP contribution is 2.25. The molecule has 0 radical (unpaired) electrons. The van der Waals surface area contributed by atoms with Crippen LogP contribution >= 0.6 is 0 Å². The smallest absolute Gasteiger partial charge is 0.408 e. The molecule has 0 aliphatic carbocycles. The quantitative estimate of drug-likeness (QED) is 0.337. The summed E-state index contributed by atoms with van der Waals surface area (Å²) in [5.74, 6) is -1.39. The van der Waals surface area contributed by atoms with Crippen LogP contribution in [0.15, 0.2) is 30.3 Å². The van der Waals surface area contributed by atoms with Crippen LogP contribution in [0.4, 0.5) is 4.79 Å². The highest BCUT2D eigenvalue weighted by atomic mass is 16.6. The van der Waals surface area contributed by atoms with Crippen LogP contribution in [0.3, 0.4) is 0 Å². The van der Waals surface area contributed by atoms with Crippen LogP contribution in [0.2, 0.25) is 0 Å². The number of primary amides is 1. The van der Waals surface area contributed by atoms with Gasteiger partial charge in [0.05, 0.1) is 0 Å². The molecule has 4 amide bonds. The first kappa shape index (κ1) is 31.9. The van der Waals surface area contributed by atoms with Crippen LogP contribution < -0.4 is 16.4 Å². The lowest BCUT2D eigenvalue weighted by molar-refractivity contribution is -0.143. The third-order valence-electron chi connectivity index (χ3n) is 5.38. The maximum atomic E-state index is 14.0. The predicted octanol–water partition coefficient (Wildman–Crippen LogP) is 4.21. The summed E-state index contributed by atoms with van der Waals surface area (Å²) in [6.45, 7) is 13.2. The van der Waals surface area contributed by atoms with E-state index in [0.717, 1.165) is 19.3 Å². The zero-order valence-electron chi connectivity index (χ0n) is 23.6. The molecular weight excluding hydrogens is 472 g/mol. The lowest BCUT2D eigenvalue weighted by atomic mass is 9.99. The number of hydrogen-bond donors (Lipinski definition) is 3. The van der Waals surface area contributed by atoms with E-state index in [2.05, 4.69) is 17.6 Å². The molecule has 9 heteroatoms. The summed E-state index contributed by atoms with van der Waals surface area (Å²) in [6, 6.07) is 7.06. The van der Waals surface area contributed by atoms with E-state index in [-0.39, 0.29) is 18.7 Å². The molecule has 0 bridgehead atoms. The van der Waals surface area contributed by atoms with E-state index in [0.29, 0.717) is 18.5 Å². The van der Waals surface area contributed by atoms with Gasteiger partial charge in [-0.2, -0.15) is 0 Å². The summed E-state index contributed by atoms with van der Waals surface area (Å²) in [7, 11) is 0. The van der Waals surface area contributed by atoms with E-state index in [1.807, 2.05) is 39.0 Å². The fourth-order valence-electron chi connectivity index (χ4n) is 3.82. The first-order chi connectivity index (χ1) is 17.1. The molecular formula is C28H46N4O5. The molecule has 1 aromatic rings. The normalized spacial score (nSPS) is 13.3. The predicted molar refractivity (Wildman–Crippen MR) is 145 cm³/mol. The van der Waals surface area contributed by atoms with Crippen LogP contribution in [0.25, 0.3) is 0 Å². The van der Waals surface area contributed by atoms with Gasteiger partial charge in [-0.25, -0.2) is 4.79 Å². The highest BCUT2D eigenvalue weighted by Gasteiger charge is 2.37. The molecule has 0 fully saturated rings. The summed E-state index contributed by atoms with van der Waals surface area (Å²) < 4.78 is 5.36. The Morgan fingerprint density at radius 1 is 0.973 bits per heavy atom. The van der Waals surface area contributed by atoms with Gasteiger partial charge in [0.15, 0.2) is 0 Å². The van der Waals surface area contributed by atoms with E-state index < -0.39 is 41.1 Å². The third kappa shape index (κ3) is 12.6. The van der Waals surface area contributed by atoms with Gasteiger partial charge in [0.1, 0.15) is 17.7 Å². The number of carbonyl (C=O) groups excluding carboxylic acids is 4. The largest absolute Gasteiger partial charge is 0.444 e. The summed E-state index contributed by atoms with van der Waals surface area (Å²) >= 11 is 0. The van der Waals surface area contributed by atoms with Crippen molar-refractivity contribution in [3.8, 4) is 0 Å². The number of amides is 4. The maximum absolute atomic E-state index is 14.0. The lowest BCUT2D eigenvalue weighted by Crippen LogP contribution is -2.55. The molecule has 0 saturated heterocycles.